The monoisotopic (exact) mass is 392 g/mol. The summed E-state index contributed by atoms with van der Waals surface area (Å²) in [5.41, 5.74) is 0.418. The summed E-state index contributed by atoms with van der Waals surface area (Å²) < 4.78 is 16.4. The number of halogens is 1. The van der Waals surface area contributed by atoms with Crippen molar-refractivity contribution in [2.75, 3.05) is 31.1 Å². The van der Waals surface area contributed by atoms with E-state index in [-0.39, 0.29) is 5.39 Å². The second-order valence-corrected chi connectivity index (χ2v) is 6.77. The number of benzene rings is 2. The van der Waals surface area contributed by atoms with Crippen LogP contribution in [-0.4, -0.2) is 41.8 Å². The molecule has 0 radical (unpaired) electrons. The van der Waals surface area contributed by atoms with Crippen molar-refractivity contribution in [2.24, 2.45) is 0 Å². The summed E-state index contributed by atoms with van der Waals surface area (Å²) in [6.07, 6.45) is 1.23. The number of nitriles is 1. The molecule has 0 saturated carbocycles. The van der Waals surface area contributed by atoms with E-state index in [9.17, 15) is 24.3 Å². The highest BCUT2D eigenvalue weighted by Gasteiger charge is 2.21. The number of nitrogens with one attached hydrogen (secondary N) is 1. The van der Waals surface area contributed by atoms with E-state index in [1.807, 2.05) is 11.0 Å². The molecule has 1 aliphatic rings. The quantitative estimate of drug-likeness (QED) is 0.708. The maximum absolute atomic E-state index is 14.9. The van der Waals surface area contributed by atoms with Crippen molar-refractivity contribution in [2.45, 2.75) is 0 Å². The fourth-order valence-corrected chi connectivity index (χ4v) is 3.57. The minimum atomic E-state index is -1.39. The molecule has 4 rings (SSSR count). The van der Waals surface area contributed by atoms with Crippen molar-refractivity contribution in [1.29, 1.82) is 5.26 Å². The van der Waals surface area contributed by atoms with Crippen LogP contribution in [0.2, 0.25) is 0 Å². The number of hydrogen-bond acceptors (Lipinski definition) is 5. The lowest BCUT2D eigenvalue weighted by Crippen LogP contribution is -2.43. The van der Waals surface area contributed by atoms with Crippen molar-refractivity contribution in [1.82, 2.24) is 9.88 Å². The van der Waals surface area contributed by atoms with Gasteiger partial charge in [-0.1, -0.05) is 6.07 Å². The molecule has 146 valence electrons. The number of carboxylic acids is 1. The molecule has 0 bridgehead atoms. The van der Waals surface area contributed by atoms with Gasteiger partial charge < -0.3 is 19.9 Å². The molecule has 0 unspecified atom stereocenters. The molecule has 0 amide bonds. The van der Waals surface area contributed by atoms with Gasteiger partial charge in [0.1, 0.15) is 11.4 Å². The Bertz CT molecular complexity index is 1220. The molecule has 1 fully saturated rings. The van der Waals surface area contributed by atoms with Gasteiger partial charge in [0.2, 0.25) is 5.43 Å². The van der Waals surface area contributed by atoms with Gasteiger partial charge in [-0.15, -0.1) is 0 Å². The molecule has 0 atom stereocenters. The lowest BCUT2D eigenvalue weighted by atomic mass is 10.1. The molecule has 0 spiro atoms. The smallest absolute Gasteiger partial charge is 0.341 e. The van der Waals surface area contributed by atoms with Gasteiger partial charge in [0.25, 0.3) is 0 Å². The van der Waals surface area contributed by atoms with Crippen LogP contribution in [0.5, 0.6) is 0 Å². The number of carboxylic acid groups (broad SMARTS) is 1. The van der Waals surface area contributed by atoms with Gasteiger partial charge in [-0.2, -0.15) is 5.26 Å². The number of anilines is 1. The number of nitrogens with zero attached hydrogens (tertiary/aromatic N) is 3. The number of aromatic nitrogens is 1. The lowest BCUT2D eigenvalue weighted by Gasteiger charge is -2.30. The van der Waals surface area contributed by atoms with Crippen LogP contribution in [0.1, 0.15) is 15.9 Å². The van der Waals surface area contributed by atoms with Crippen LogP contribution in [0.25, 0.3) is 16.6 Å². The highest BCUT2D eigenvalue weighted by molar-refractivity contribution is 5.94. The first-order chi connectivity index (χ1) is 14.0. The molecular formula is C21H17FN4O3. The maximum Gasteiger partial charge on any atom is 0.341 e. The number of aromatic carboxylic acids is 1. The van der Waals surface area contributed by atoms with Crippen LogP contribution in [-0.2, 0) is 0 Å². The van der Waals surface area contributed by atoms with Gasteiger partial charge in [-0.05, 0) is 30.3 Å². The fourth-order valence-electron chi connectivity index (χ4n) is 3.57. The number of rotatable bonds is 3. The van der Waals surface area contributed by atoms with E-state index in [1.165, 1.54) is 10.8 Å². The van der Waals surface area contributed by atoms with Crippen LogP contribution < -0.4 is 15.6 Å². The zero-order valence-corrected chi connectivity index (χ0v) is 15.4. The molecule has 8 heteroatoms. The summed E-state index contributed by atoms with van der Waals surface area (Å²) in [6.45, 7) is 2.66. The SMILES string of the molecule is N#Cc1cccc(-n2cc(C(=O)O)c(=O)c3cc(F)c(N4CCNCC4)cc32)c1. The Morgan fingerprint density at radius 2 is 1.97 bits per heavy atom. The minimum absolute atomic E-state index is 0.0244. The van der Waals surface area contributed by atoms with Crippen LogP contribution >= 0.6 is 0 Å². The topological polar surface area (TPSA) is 98.4 Å². The van der Waals surface area contributed by atoms with E-state index in [0.717, 1.165) is 6.07 Å². The maximum atomic E-state index is 14.9. The molecule has 0 aliphatic carbocycles. The number of carbonyl (C=O) groups is 1. The minimum Gasteiger partial charge on any atom is -0.477 e. The van der Waals surface area contributed by atoms with Crippen molar-refractivity contribution >= 4 is 22.6 Å². The average molecular weight is 392 g/mol. The number of pyridine rings is 1. The molecule has 3 aromatic rings. The third kappa shape index (κ3) is 3.32. The summed E-state index contributed by atoms with van der Waals surface area (Å²) in [7, 11) is 0. The first kappa shape index (κ1) is 18.7. The molecule has 2 aromatic carbocycles. The van der Waals surface area contributed by atoms with E-state index >= 15 is 0 Å². The summed E-state index contributed by atoms with van der Waals surface area (Å²) in [4.78, 5) is 26.2. The van der Waals surface area contributed by atoms with E-state index in [0.29, 0.717) is 48.6 Å². The molecule has 2 heterocycles. The molecule has 2 N–H and O–H groups in total. The average Bonchev–Trinajstić information content (AvgIpc) is 2.74. The Balaban J connectivity index is 2.03. The Labute approximate surface area is 165 Å². The Morgan fingerprint density at radius 3 is 2.66 bits per heavy atom. The summed E-state index contributed by atoms with van der Waals surface area (Å²) >= 11 is 0. The van der Waals surface area contributed by atoms with Gasteiger partial charge in [-0.3, -0.25) is 4.79 Å². The second-order valence-electron chi connectivity index (χ2n) is 6.77. The Morgan fingerprint density at radius 1 is 1.21 bits per heavy atom. The lowest BCUT2D eigenvalue weighted by molar-refractivity contribution is 0.0695. The molecule has 1 aromatic heterocycles. The van der Waals surface area contributed by atoms with Gasteiger partial charge >= 0.3 is 5.97 Å². The predicted molar refractivity (Wildman–Crippen MR) is 106 cm³/mol. The molecule has 7 nitrogen and oxygen atoms in total. The van der Waals surface area contributed by atoms with Gasteiger partial charge in [-0.25, -0.2) is 9.18 Å². The first-order valence-electron chi connectivity index (χ1n) is 9.08. The van der Waals surface area contributed by atoms with Gasteiger partial charge in [0.15, 0.2) is 0 Å². The number of hydrogen-bond donors (Lipinski definition) is 2. The van der Waals surface area contributed by atoms with E-state index in [1.54, 1.807) is 30.3 Å². The van der Waals surface area contributed by atoms with Crippen LogP contribution in [0.4, 0.5) is 10.1 Å². The third-order valence-electron chi connectivity index (χ3n) is 5.01. The second kappa shape index (κ2) is 7.37. The molecule has 1 aliphatic heterocycles. The largest absolute Gasteiger partial charge is 0.477 e. The molecule has 29 heavy (non-hydrogen) atoms. The van der Waals surface area contributed by atoms with E-state index in [2.05, 4.69) is 5.32 Å². The summed E-state index contributed by atoms with van der Waals surface area (Å²) in [5.74, 6) is -1.97. The third-order valence-corrected chi connectivity index (χ3v) is 5.01. The zero-order valence-electron chi connectivity index (χ0n) is 15.4. The van der Waals surface area contributed by atoms with Crippen molar-refractivity contribution < 1.29 is 14.3 Å². The van der Waals surface area contributed by atoms with E-state index in [4.69, 9.17) is 0 Å². The van der Waals surface area contributed by atoms with Crippen LogP contribution in [0.15, 0.2) is 47.4 Å². The summed E-state index contributed by atoms with van der Waals surface area (Å²) in [6, 6.07) is 11.3. The van der Waals surface area contributed by atoms with E-state index < -0.39 is 22.8 Å². The normalized spacial score (nSPS) is 14.0. The van der Waals surface area contributed by atoms with Crippen LogP contribution in [0.3, 0.4) is 0 Å². The van der Waals surface area contributed by atoms with Crippen molar-refractivity contribution in [3.63, 3.8) is 0 Å². The number of piperazine rings is 1. The summed E-state index contributed by atoms with van der Waals surface area (Å²) in [5, 5.41) is 21.8. The van der Waals surface area contributed by atoms with Crippen LogP contribution in [0, 0.1) is 17.1 Å². The van der Waals surface area contributed by atoms with Crippen molar-refractivity contribution in [3.8, 4) is 11.8 Å². The molecule has 1 saturated heterocycles. The van der Waals surface area contributed by atoms with Crippen molar-refractivity contribution in [3.05, 3.63) is 69.8 Å². The highest BCUT2D eigenvalue weighted by Crippen LogP contribution is 2.27. The standard InChI is InChI=1S/C21H17FN4O3/c22-17-9-15-18(10-19(17)25-6-4-24-5-7-25)26(12-16(20(15)27)21(28)29)14-3-1-2-13(8-14)11-23/h1-3,8-10,12,24H,4-7H2,(H,28,29). The number of fused-ring (bicyclic) bond motifs is 1. The first-order valence-corrected chi connectivity index (χ1v) is 9.08. The Hall–Kier alpha value is -3.70. The highest BCUT2D eigenvalue weighted by atomic mass is 19.1. The predicted octanol–water partition coefficient (Wildman–Crippen LogP) is 2.11. The zero-order chi connectivity index (χ0) is 20.5. The Kier molecular flexibility index (Phi) is 4.74. The fraction of sp³-hybridized carbons (Fsp3) is 0.190. The molecular weight excluding hydrogens is 375 g/mol. The van der Waals surface area contributed by atoms with Gasteiger partial charge in [0.05, 0.1) is 22.8 Å². The van der Waals surface area contributed by atoms with Gasteiger partial charge in [0, 0.05) is 43.4 Å².